The maximum Gasteiger partial charge on any atom is 0.129 e. The van der Waals surface area contributed by atoms with Crippen molar-refractivity contribution < 1.29 is 0 Å². The van der Waals surface area contributed by atoms with Crippen molar-refractivity contribution in [2.45, 2.75) is 20.3 Å². The molecule has 0 spiro atoms. The van der Waals surface area contributed by atoms with Crippen LogP contribution in [0.2, 0.25) is 10.0 Å². The normalized spacial score (nSPS) is 11.3. The number of rotatable bonds is 3. The lowest BCUT2D eigenvalue weighted by Crippen LogP contribution is -1.98. The van der Waals surface area contributed by atoms with Gasteiger partial charge in [-0.25, -0.2) is 0 Å². The maximum atomic E-state index is 6.28. The summed E-state index contributed by atoms with van der Waals surface area (Å²) < 4.78 is 1.69. The molecule has 0 fully saturated rings. The number of benzene rings is 1. The molecular formula is C14H17Cl2N3. The van der Waals surface area contributed by atoms with Crippen molar-refractivity contribution in [2.75, 3.05) is 5.73 Å². The van der Waals surface area contributed by atoms with Crippen LogP contribution in [0.1, 0.15) is 19.5 Å². The predicted molar refractivity (Wildman–Crippen MR) is 81.6 cm³/mol. The van der Waals surface area contributed by atoms with Crippen LogP contribution in [0, 0.1) is 5.92 Å². The lowest BCUT2D eigenvalue weighted by atomic mass is 9.99. The highest BCUT2D eigenvalue weighted by Gasteiger charge is 2.18. The van der Waals surface area contributed by atoms with Gasteiger partial charge in [0.25, 0.3) is 0 Å². The number of aryl methyl sites for hydroxylation is 1. The second-order valence-corrected chi connectivity index (χ2v) is 5.90. The third kappa shape index (κ3) is 2.88. The number of nitrogen functional groups attached to an aromatic ring is 1. The molecule has 0 aliphatic carbocycles. The van der Waals surface area contributed by atoms with Crippen molar-refractivity contribution >= 4 is 29.0 Å². The van der Waals surface area contributed by atoms with E-state index < -0.39 is 0 Å². The Morgan fingerprint density at radius 3 is 2.58 bits per heavy atom. The molecule has 0 amide bonds. The average molecular weight is 298 g/mol. The monoisotopic (exact) mass is 297 g/mol. The van der Waals surface area contributed by atoms with Gasteiger partial charge < -0.3 is 5.73 Å². The Bertz CT molecular complexity index is 603. The molecule has 2 rings (SSSR count). The van der Waals surface area contributed by atoms with Crippen LogP contribution in [-0.2, 0) is 13.5 Å². The number of hydrogen-bond donors (Lipinski definition) is 1. The van der Waals surface area contributed by atoms with Gasteiger partial charge in [-0.05, 0) is 24.5 Å². The number of anilines is 1. The van der Waals surface area contributed by atoms with Crippen molar-refractivity contribution in [3.8, 4) is 11.1 Å². The standard InChI is InChI=1S/C14H17Cl2N3/c1-8(2)6-12-13(14(17)19(3)18-12)10-5-4-9(15)7-11(10)16/h4-5,7-8H,6,17H2,1-3H3. The van der Waals surface area contributed by atoms with Gasteiger partial charge in [0.05, 0.1) is 10.7 Å². The minimum absolute atomic E-state index is 0.499. The minimum atomic E-state index is 0.499. The average Bonchev–Trinajstić information content (AvgIpc) is 2.55. The molecule has 102 valence electrons. The molecular weight excluding hydrogens is 281 g/mol. The van der Waals surface area contributed by atoms with Gasteiger partial charge >= 0.3 is 0 Å². The summed E-state index contributed by atoms with van der Waals surface area (Å²) in [5, 5.41) is 5.70. The zero-order valence-electron chi connectivity index (χ0n) is 11.2. The number of hydrogen-bond acceptors (Lipinski definition) is 2. The molecule has 0 radical (unpaired) electrons. The van der Waals surface area contributed by atoms with Crippen LogP contribution >= 0.6 is 23.2 Å². The summed E-state index contributed by atoms with van der Waals surface area (Å²) in [4.78, 5) is 0. The van der Waals surface area contributed by atoms with Crippen LogP contribution in [0.3, 0.4) is 0 Å². The summed E-state index contributed by atoms with van der Waals surface area (Å²) in [6, 6.07) is 5.43. The van der Waals surface area contributed by atoms with Crippen LogP contribution in [0.15, 0.2) is 18.2 Å². The van der Waals surface area contributed by atoms with Crippen LogP contribution < -0.4 is 5.73 Å². The Morgan fingerprint density at radius 2 is 2.00 bits per heavy atom. The van der Waals surface area contributed by atoms with Crippen LogP contribution in [0.5, 0.6) is 0 Å². The van der Waals surface area contributed by atoms with Gasteiger partial charge in [-0.2, -0.15) is 5.10 Å². The molecule has 2 aromatic rings. The molecule has 0 bridgehead atoms. The lowest BCUT2D eigenvalue weighted by Gasteiger charge is -2.08. The molecule has 5 heteroatoms. The smallest absolute Gasteiger partial charge is 0.129 e. The molecule has 3 nitrogen and oxygen atoms in total. The maximum absolute atomic E-state index is 6.28. The number of nitrogens with two attached hydrogens (primary N) is 1. The molecule has 19 heavy (non-hydrogen) atoms. The Hall–Kier alpha value is -1.19. The molecule has 1 aromatic carbocycles. The van der Waals surface area contributed by atoms with Gasteiger partial charge in [0.15, 0.2) is 0 Å². The summed E-state index contributed by atoms with van der Waals surface area (Å²) in [6.07, 6.45) is 0.860. The summed E-state index contributed by atoms with van der Waals surface area (Å²) in [5.41, 5.74) is 8.89. The molecule has 2 N–H and O–H groups in total. The van der Waals surface area contributed by atoms with E-state index in [0.717, 1.165) is 23.2 Å². The van der Waals surface area contributed by atoms with E-state index in [2.05, 4.69) is 18.9 Å². The SMILES string of the molecule is CC(C)Cc1nn(C)c(N)c1-c1ccc(Cl)cc1Cl. The van der Waals surface area contributed by atoms with Crippen molar-refractivity contribution in [2.24, 2.45) is 13.0 Å². The van der Waals surface area contributed by atoms with Gasteiger partial charge in [-0.1, -0.05) is 43.1 Å². The first-order valence-corrected chi connectivity index (χ1v) is 6.92. The Morgan fingerprint density at radius 1 is 1.32 bits per heavy atom. The van der Waals surface area contributed by atoms with E-state index in [4.69, 9.17) is 28.9 Å². The zero-order chi connectivity index (χ0) is 14.2. The summed E-state index contributed by atoms with van der Waals surface area (Å²) in [7, 11) is 1.84. The van der Waals surface area contributed by atoms with Crippen LogP contribution in [0.4, 0.5) is 5.82 Å². The molecule has 1 aromatic heterocycles. The molecule has 1 heterocycles. The topological polar surface area (TPSA) is 43.8 Å². The number of halogens is 2. The first kappa shape index (κ1) is 14.2. The third-order valence-electron chi connectivity index (χ3n) is 2.97. The second-order valence-electron chi connectivity index (χ2n) is 5.05. The van der Waals surface area contributed by atoms with E-state index in [1.54, 1.807) is 10.7 Å². The lowest BCUT2D eigenvalue weighted by molar-refractivity contribution is 0.622. The molecule has 0 atom stereocenters. The Labute approximate surface area is 123 Å². The molecule has 0 saturated heterocycles. The van der Waals surface area contributed by atoms with Crippen molar-refractivity contribution in [1.29, 1.82) is 0 Å². The van der Waals surface area contributed by atoms with E-state index in [0.29, 0.717) is 21.8 Å². The van der Waals surface area contributed by atoms with Gasteiger partial charge in [0, 0.05) is 23.2 Å². The zero-order valence-corrected chi connectivity index (χ0v) is 12.8. The van der Waals surface area contributed by atoms with Gasteiger partial charge in [0.2, 0.25) is 0 Å². The highest BCUT2D eigenvalue weighted by atomic mass is 35.5. The third-order valence-corrected chi connectivity index (χ3v) is 3.51. The molecule has 0 aliphatic heterocycles. The predicted octanol–water partition coefficient (Wildman–Crippen LogP) is 4.17. The number of nitrogens with zero attached hydrogens (tertiary/aromatic N) is 2. The summed E-state index contributed by atoms with van der Waals surface area (Å²) in [6.45, 7) is 4.30. The van der Waals surface area contributed by atoms with E-state index in [1.807, 2.05) is 19.2 Å². The van der Waals surface area contributed by atoms with Crippen molar-refractivity contribution in [3.63, 3.8) is 0 Å². The van der Waals surface area contributed by atoms with Gasteiger partial charge in [-0.3, -0.25) is 4.68 Å². The van der Waals surface area contributed by atoms with Crippen molar-refractivity contribution in [3.05, 3.63) is 33.9 Å². The highest BCUT2D eigenvalue weighted by molar-refractivity contribution is 6.36. The fraction of sp³-hybridized carbons (Fsp3) is 0.357. The summed E-state index contributed by atoms with van der Waals surface area (Å²) in [5.74, 6) is 1.12. The summed E-state index contributed by atoms with van der Waals surface area (Å²) >= 11 is 12.2. The molecule has 0 unspecified atom stereocenters. The number of aromatic nitrogens is 2. The quantitative estimate of drug-likeness (QED) is 0.924. The van der Waals surface area contributed by atoms with Gasteiger partial charge in [0.1, 0.15) is 5.82 Å². The Kier molecular flexibility index (Phi) is 4.07. The van der Waals surface area contributed by atoms with E-state index >= 15 is 0 Å². The fourth-order valence-electron chi connectivity index (χ4n) is 2.11. The van der Waals surface area contributed by atoms with Crippen LogP contribution in [0.25, 0.3) is 11.1 Å². The second kappa shape index (κ2) is 5.43. The fourth-order valence-corrected chi connectivity index (χ4v) is 2.61. The molecule has 0 saturated carbocycles. The highest BCUT2D eigenvalue weighted by Crippen LogP contribution is 2.36. The van der Waals surface area contributed by atoms with Gasteiger partial charge in [-0.15, -0.1) is 0 Å². The van der Waals surface area contributed by atoms with Crippen molar-refractivity contribution in [1.82, 2.24) is 9.78 Å². The van der Waals surface area contributed by atoms with E-state index in [1.165, 1.54) is 0 Å². The largest absolute Gasteiger partial charge is 0.383 e. The van der Waals surface area contributed by atoms with E-state index in [-0.39, 0.29) is 0 Å². The Balaban J connectivity index is 2.60. The van der Waals surface area contributed by atoms with E-state index in [9.17, 15) is 0 Å². The minimum Gasteiger partial charge on any atom is -0.383 e. The molecule has 0 aliphatic rings. The van der Waals surface area contributed by atoms with Crippen LogP contribution in [-0.4, -0.2) is 9.78 Å². The first-order valence-electron chi connectivity index (χ1n) is 6.17. The first-order chi connectivity index (χ1) is 8.90.